The predicted octanol–water partition coefficient (Wildman–Crippen LogP) is 0.259. The monoisotopic (exact) mass is 279 g/mol. The van der Waals surface area contributed by atoms with Gasteiger partial charge in [-0.2, -0.15) is 0 Å². The quantitative estimate of drug-likeness (QED) is 0.784. The lowest BCUT2D eigenvalue weighted by Crippen LogP contribution is -2.36. The summed E-state index contributed by atoms with van der Waals surface area (Å²) in [7, 11) is -3.16. The molecule has 1 aliphatic rings. The lowest BCUT2D eigenvalue weighted by Gasteiger charge is -2.24. The minimum Gasteiger partial charge on any atom is -0.444 e. The first-order chi connectivity index (χ1) is 7.98. The van der Waals surface area contributed by atoms with Gasteiger partial charge >= 0.3 is 6.09 Å². The molecule has 1 N–H and O–H groups in total. The van der Waals surface area contributed by atoms with Crippen molar-refractivity contribution in [1.82, 2.24) is 4.90 Å². The SMILES string of the molecule is CC(C)(C)OC(=O)N1CC(O)C(CS(C)(=O)=O)C1. The fraction of sp³-hybridized carbons (Fsp3) is 0.909. The molecule has 1 aliphatic heterocycles. The van der Waals surface area contributed by atoms with E-state index >= 15 is 0 Å². The van der Waals surface area contributed by atoms with Crippen LogP contribution in [0.4, 0.5) is 4.79 Å². The summed E-state index contributed by atoms with van der Waals surface area (Å²) in [6.07, 6.45) is -0.208. The van der Waals surface area contributed by atoms with Gasteiger partial charge in [0.1, 0.15) is 15.4 Å². The first-order valence-electron chi connectivity index (χ1n) is 5.81. The number of sulfone groups is 1. The summed E-state index contributed by atoms with van der Waals surface area (Å²) >= 11 is 0. The van der Waals surface area contributed by atoms with Crippen LogP contribution in [0.1, 0.15) is 20.8 Å². The minimum absolute atomic E-state index is 0.118. The molecule has 0 spiro atoms. The largest absolute Gasteiger partial charge is 0.444 e. The van der Waals surface area contributed by atoms with E-state index in [1.807, 2.05) is 0 Å². The van der Waals surface area contributed by atoms with Gasteiger partial charge in [0.15, 0.2) is 0 Å². The molecular formula is C11H21NO5S. The van der Waals surface area contributed by atoms with Crippen LogP contribution in [0.5, 0.6) is 0 Å². The van der Waals surface area contributed by atoms with Gasteiger partial charge in [-0.1, -0.05) is 0 Å². The van der Waals surface area contributed by atoms with E-state index in [4.69, 9.17) is 4.74 Å². The highest BCUT2D eigenvalue weighted by atomic mass is 32.2. The maximum Gasteiger partial charge on any atom is 0.410 e. The zero-order valence-electron chi connectivity index (χ0n) is 11.2. The van der Waals surface area contributed by atoms with E-state index in [0.29, 0.717) is 0 Å². The van der Waals surface area contributed by atoms with Crippen molar-refractivity contribution in [1.29, 1.82) is 0 Å². The summed E-state index contributed by atoms with van der Waals surface area (Å²) in [5.74, 6) is -0.555. The lowest BCUT2D eigenvalue weighted by molar-refractivity contribution is 0.0270. The molecule has 0 aliphatic carbocycles. The number of ether oxygens (including phenoxy) is 1. The summed E-state index contributed by atoms with van der Waals surface area (Å²) in [6.45, 7) is 5.60. The van der Waals surface area contributed by atoms with Crippen molar-refractivity contribution in [2.45, 2.75) is 32.5 Å². The Kier molecular flexibility index (Phi) is 4.27. The molecule has 1 fully saturated rings. The number of carbonyl (C=O) groups excluding carboxylic acids is 1. The second kappa shape index (κ2) is 5.05. The number of nitrogens with zero attached hydrogens (tertiary/aromatic N) is 1. The first-order valence-corrected chi connectivity index (χ1v) is 7.88. The van der Waals surface area contributed by atoms with E-state index in [0.717, 1.165) is 6.26 Å². The first kappa shape index (κ1) is 15.2. The molecule has 1 amide bonds. The van der Waals surface area contributed by atoms with Crippen LogP contribution in [0, 0.1) is 5.92 Å². The smallest absolute Gasteiger partial charge is 0.410 e. The Morgan fingerprint density at radius 3 is 2.39 bits per heavy atom. The molecule has 0 aromatic carbocycles. The Morgan fingerprint density at radius 1 is 1.39 bits per heavy atom. The maximum absolute atomic E-state index is 11.8. The Hall–Kier alpha value is -0.820. The number of carbonyl (C=O) groups is 1. The Morgan fingerprint density at radius 2 is 1.94 bits per heavy atom. The zero-order valence-corrected chi connectivity index (χ0v) is 12.0. The number of rotatable bonds is 2. The lowest BCUT2D eigenvalue weighted by atomic mass is 10.1. The van der Waals surface area contributed by atoms with Gasteiger partial charge in [0.05, 0.1) is 18.4 Å². The normalized spacial score (nSPS) is 25.3. The fourth-order valence-corrected chi connectivity index (χ4v) is 2.99. The molecule has 106 valence electrons. The average Bonchev–Trinajstić information content (AvgIpc) is 2.42. The highest BCUT2D eigenvalue weighted by Crippen LogP contribution is 2.21. The number of hydrogen-bond acceptors (Lipinski definition) is 5. The average molecular weight is 279 g/mol. The van der Waals surface area contributed by atoms with Crippen LogP contribution in [-0.2, 0) is 14.6 Å². The second-order valence-corrected chi connectivity index (χ2v) is 7.99. The van der Waals surface area contributed by atoms with Crippen LogP contribution in [0.3, 0.4) is 0 Å². The number of aliphatic hydroxyl groups is 1. The van der Waals surface area contributed by atoms with E-state index in [9.17, 15) is 18.3 Å². The standard InChI is InChI=1S/C11H21NO5S/c1-11(2,3)17-10(14)12-5-8(9(13)6-12)7-18(4,15)16/h8-9,13H,5-7H2,1-4H3. The molecule has 1 saturated heterocycles. The highest BCUT2D eigenvalue weighted by molar-refractivity contribution is 7.90. The maximum atomic E-state index is 11.8. The summed E-state index contributed by atoms with van der Waals surface area (Å²) in [5.41, 5.74) is -0.600. The van der Waals surface area contributed by atoms with Crippen molar-refractivity contribution < 1.29 is 23.1 Å². The van der Waals surface area contributed by atoms with Gasteiger partial charge in [-0.3, -0.25) is 0 Å². The van der Waals surface area contributed by atoms with Crippen molar-refractivity contribution >= 4 is 15.9 Å². The predicted molar refractivity (Wildman–Crippen MR) is 67.0 cm³/mol. The Labute approximate surface area is 108 Å². The molecule has 2 unspecified atom stereocenters. The zero-order chi connectivity index (χ0) is 14.1. The van der Waals surface area contributed by atoms with Crippen LogP contribution in [0.2, 0.25) is 0 Å². The van der Waals surface area contributed by atoms with Gasteiger partial charge in [-0.15, -0.1) is 0 Å². The van der Waals surface area contributed by atoms with Crippen molar-refractivity contribution in [3.05, 3.63) is 0 Å². The molecule has 0 saturated carbocycles. The number of likely N-dealkylation sites (tertiary alicyclic amines) is 1. The van der Waals surface area contributed by atoms with Gasteiger partial charge in [0.2, 0.25) is 0 Å². The van der Waals surface area contributed by atoms with Crippen LogP contribution in [0.25, 0.3) is 0 Å². The van der Waals surface area contributed by atoms with Gasteiger partial charge < -0.3 is 14.7 Å². The molecule has 0 radical (unpaired) electrons. The van der Waals surface area contributed by atoms with E-state index in [2.05, 4.69) is 0 Å². The third-order valence-electron chi connectivity index (χ3n) is 2.58. The molecule has 0 bridgehead atoms. The minimum atomic E-state index is -3.16. The molecule has 2 atom stereocenters. The summed E-state index contributed by atoms with van der Waals surface area (Å²) in [6, 6.07) is 0. The summed E-state index contributed by atoms with van der Waals surface area (Å²) in [4.78, 5) is 13.1. The molecule has 7 heteroatoms. The second-order valence-electron chi connectivity index (χ2n) is 5.81. The summed E-state index contributed by atoms with van der Waals surface area (Å²) in [5, 5.41) is 9.76. The van der Waals surface area contributed by atoms with Crippen molar-refractivity contribution in [2.75, 3.05) is 25.1 Å². The summed E-state index contributed by atoms with van der Waals surface area (Å²) < 4.78 is 27.6. The molecule has 1 heterocycles. The molecular weight excluding hydrogens is 258 g/mol. The van der Waals surface area contributed by atoms with Crippen LogP contribution in [-0.4, -0.2) is 61.3 Å². The molecule has 1 rings (SSSR count). The molecule has 0 aromatic heterocycles. The number of hydrogen-bond donors (Lipinski definition) is 1. The van der Waals surface area contributed by atoms with Gasteiger partial charge in [0, 0.05) is 18.7 Å². The van der Waals surface area contributed by atoms with E-state index in [-0.39, 0.29) is 18.8 Å². The van der Waals surface area contributed by atoms with Crippen LogP contribution >= 0.6 is 0 Å². The van der Waals surface area contributed by atoms with E-state index in [1.54, 1.807) is 20.8 Å². The molecule has 6 nitrogen and oxygen atoms in total. The third kappa shape index (κ3) is 4.81. The van der Waals surface area contributed by atoms with Crippen molar-refractivity contribution in [3.8, 4) is 0 Å². The third-order valence-corrected chi connectivity index (χ3v) is 3.61. The van der Waals surface area contributed by atoms with Crippen molar-refractivity contribution in [2.24, 2.45) is 5.92 Å². The van der Waals surface area contributed by atoms with Gasteiger partial charge in [-0.25, -0.2) is 13.2 Å². The van der Waals surface area contributed by atoms with Crippen molar-refractivity contribution in [3.63, 3.8) is 0 Å². The molecule has 18 heavy (non-hydrogen) atoms. The fourth-order valence-electron chi connectivity index (χ4n) is 1.88. The number of amides is 1. The van der Waals surface area contributed by atoms with Crippen LogP contribution < -0.4 is 0 Å². The molecule has 0 aromatic rings. The van der Waals surface area contributed by atoms with Crippen LogP contribution in [0.15, 0.2) is 0 Å². The number of β-amino-alcohol motifs (C(OH)–C–C–N with tert-alkyl or cyclic N) is 1. The number of aliphatic hydroxyl groups excluding tert-OH is 1. The Bertz CT molecular complexity index is 412. The van der Waals surface area contributed by atoms with Gasteiger partial charge in [0.25, 0.3) is 0 Å². The highest BCUT2D eigenvalue weighted by Gasteiger charge is 2.37. The van der Waals surface area contributed by atoms with E-state index < -0.39 is 33.6 Å². The van der Waals surface area contributed by atoms with Gasteiger partial charge in [-0.05, 0) is 20.8 Å². The topological polar surface area (TPSA) is 83.9 Å². The van der Waals surface area contributed by atoms with E-state index in [1.165, 1.54) is 4.90 Å². The Balaban J connectivity index is 2.61.